The van der Waals surface area contributed by atoms with Crippen LogP contribution in [0.2, 0.25) is 10.0 Å². The van der Waals surface area contributed by atoms with Gasteiger partial charge in [-0.3, -0.25) is 0 Å². The van der Waals surface area contributed by atoms with Gasteiger partial charge >= 0.3 is 0 Å². The lowest BCUT2D eigenvalue weighted by molar-refractivity contribution is 0.0491. The molecule has 94 valence electrons. The van der Waals surface area contributed by atoms with E-state index in [4.69, 9.17) is 38.4 Å². The lowest BCUT2D eigenvalue weighted by Crippen LogP contribution is -2.21. The van der Waals surface area contributed by atoms with Gasteiger partial charge < -0.3 is 15.2 Å². The average molecular weight is 277 g/mol. The SMILES string of the molecule is Nc1nc(OCC2CCOCC2)c(Cl)cc1Cl. The Morgan fingerprint density at radius 1 is 1.35 bits per heavy atom. The van der Waals surface area contributed by atoms with Crippen molar-refractivity contribution >= 4 is 29.0 Å². The van der Waals surface area contributed by atoms with Gasteiger partial charge in [0.05, 0.1) is 11.6 Å². The van der Waals surface area contributed by atoms with E-state index in [0.717, 1.165) is 26.1 Å². The lowest BCUT2D eigenvalue weighted by Gasteiger charge is -2.22. The third kappa shape index (κ3) is 3.37. The predicted octanol–water partition coefficient (Wildman–Crippen LogP) is 2.78. The molecule has 0 aliphatic carbocycles. The second-order valence-corrected chi connectivity index (χ2v) is 4.82. The first-order valence-corrected chi connectivity index (χ1v) is 6.24. The molecule has 1 aromatic rings. The molecule has 6 heteroatoms. The summed E-state index contributed by atoms with van der Waals surface area (Å²) < 4.78 is 10.9. The molecule has 2 heterocycles. The van der Waals surface area contributed by atoms with Crippen molar-refractivity contribution in [3.63, 3.8) is 0 Å². The number of nitrogen functional groups attached to an aromatic ring is 1. The van der Waals surface area contributed by atoms with Gasteiger partial charge in [0, 0.05) is 13.2 Å². The van der Waals surface area contributed by atoms with E-state index >= 15 is 0 Å². The molecule has 0 bridgehead atoms. The number of aromatic nitrogens is 1. The molecule has 0 atom stereocenters. The summed E-state index contributed by atoms with van der Waals surface area (Å²) >= 11 is 11.8. The largest absolute Gasteiger partial charge is 0.476 e. The maximum atomic E-state index is 5.97. The highest BCUT2D eigenvalue weighted by molar-refractivity contribution is 6.36. The molecule has 0 saturated carbocycles. The molecule has 1 aliphatic heterocycles. The maximum absolute atomic E-state index is 5.97. The molecule has 0 spiro atoms. The van der Waals surface area contributed by atoms with E-state index in [0.29, 0.717) is 28.5 Å². The Bertz CT molecular complexity index is 395. The first-order chi connectivity index (χ1) is 8.16. The van der Waals surface area contributed by atoms with Crippen molar-refractivity contribution in [2.45, 2.75) is 12.8 Å². The number of hydrogen-bond acceptors (Lipinski definition) is 4. The summed E-state index contributed by atoms with van der Waals surface area (Å²) in [5, 5.41) is 0.727. The highest BCUT2D eigenvalue weighted by Gasteiger charge is 2.16. The van der Waals surface area contributed by atoms with Crippen LogP contribution in [0.25, 0.3) is 0 Å². The number of nitrogens with zero attached hydrogens (tertiary/aromatic N) is 1. The number of halogens is 2. The summed E-state index contributed by atoms with van der Waals surface area (Å²) in [6, 6.07) is 1.55. The van der Waals surface area contributed by atoms with Crippen molar-refractivity contribution in [3.05, 3.63) is 16.1 Å². The van der Waals surface area contributed by atoms with Crippen LogP contribution in [0.5, 0.6) is 5.88 Å². The highest BCUT2D eigenvalue weighted by Crippen LogP contribution is 2.29. The van der Waals surface area contributed by atoms with E-state index in [1.807, 2.05) is 0 Å². The number of ether oxygens (including phenoxy) is 2. The van der Waals surface area contributed by atoms with E-state index in [1.165, 1.54) is 0 Å². The minimum atomic E-state index is 0.234. The minimum Gasteiger partial charge on any atom is -0.476 e. The van der Waals surface area contributed by atoms with Crippen LogP contribution in [0.1, 0.15) is 12.8 Å². The Labute approximate surface area is 110 Å². The fourth-order valence-electron chi connectivity index (χ4n) is 1.67. The molecular formula is C11H14Cl2N2O2. The van der Waals surface area contributed by atoms with Gasteiger partial charge in [-0.15, -0.1) is 0 Å². The topological polar surface area (TPSA) is 57.4 Å². The van der Waals surface area contributed by atoms with Crippen LogP contribution in [-0.2, 0) is 4.74 Å². The van der Waals surface area contributed by atoms with Crippen LogP contribution in [0.4, 0.5) is 5.82 Å². The van der Waals surface area contributed by atoms with Gasteiger partial charge in [0.25, 0.3) is 0 Å². The van der Waals surface area contributed by atoms with Crippen molar-refractivity contribution in [1.29, 1.82) is 0 Å². The summed E-state index contributed by atoms with van der Waals surface area (Å²) in [6.45, 7) is 2.16. The monoisotopic (exact) mass is 276 g/mol. The second kappa shape index (κ2) is 5.76. The molecule has 2 N–H and O–H groups in total. The van der Waals surface area contributed by atoms with Crippen molar-refractivity contribution in [3.8, 4) is 5.88 Å². The van der Waals surface area contributed by atoms with Gasteiger partial charge in [0.2, 0.25) is 5.88 Å². The minimum absolute atomic E-state index is 0.234. The summed E-state index contributed by atoms with van der Waals surface area (Å²) in [4.78, 5) is 4.02. The molecule has 0 unspecified atom stereocenters. The van der Waals surface area contributed by atoms with Gasteiger partial charge in [-0.1, -0.05) is 23.2 Å². The lowest BCUT2D eigenvalue weighted by atomic mass is 10.0. The highest BCUT2D eigenvalue weighted by atomic mass is 35.5. The average Bonchev–Trinajstić information content (AvgIpc) is 2.33. The first kappa shape index (κ1) is 12.7. The van der Waals surface area contributed by atoms with Gasteiger partial charge in [0.1, 0.15) is 10.8 Å². The fourth-order valence-corrected chi connectivity index (χ4v) is 2.09. The molecule has 1 fully saturated rings. The van der Waals surface area contributed by atoms with Crippen molar-refractivity contribution < 1.29 is 9.47 Å². The van der Waals surface area contributed by atoms with Gasteiger partial charge in [-0.25, -0.2) is 0 Å². The molecule has 2 rings (SSSR count). The van der Waals surface area contributed by atoms with Crippen LogP contribution >= 0.6 is 23.2 Å². The van der Waals surface area contributed by atoms with E-state index in [-0.39, 0.29) is 5.82 Å². The van der Waals surface area contributed by atoms with E-state index < -0.39 is 0 Å². The van der Waals surface area contributed by atoms with Gasteiger partial charge in [-0.2, -0.15) is 4.98 Å². The molecule has 1 saturated heterocycles. The Kier molecular flexibility index (Phi) is 4.31. The van der Waals surface area contributed by atoms with Crippen LogP contribution in [-0.4, -0.2) is 24.8 Å². The van der Waals surface area contributed by atoms with Crippen LogP contribution < -0.4 is 10.5 Å². The molecule has 0 aromatic carbocycles. The van der Waals surface area contributed by atoms with Gasteiger partial charge in [-0.05, 0) is 24.8 Å². The smallest absolute Gasteiger partial charge is 0.234 e. The summed E-state index contributed by atoms with van der Waals surface area (Å²) in [5.74, 6) is 1.07. The van der Waals surface area contributed by atoms with Crippen molar-refractivity contribution in [1.82, 2.24) is 4.98 Å². The molecule has 1 aliphatic rings. The molecule has 1 aromatic heterocycles. The Balaban J connectivity index is 1.96. The maximum Gasteiger partial charge on any atom is 0.234 e. The summed E-state index contributed by atoms with van der Waals surface area (Å²) in [6.07, 6.45) is 2.00. The Hall–Kier alpha value is -0.710. The van der Waals surface area contributed by atoms with Gasteiger partial charge in [0.15, 0.2) is 0 Å². The van der Waals surface area contributed by atoms with E-state index in [2.05, 4.69) is 4.98 Å². The zero-order valence-electron chi connectivity index (χ0n) is 9.29. The number of hydrogen-bond donors (Lipinski definition) is 1. The zero-order valence-corrected chi connectivity index (χ0v) is 10.8. The first-order valence-electron chi connectivity index (χ1n) is 5.49. The third-order valence-electron chi connectivity index (χ3n) is 2.72. The molecular weight excluding hydrogens is 263 g/mol. The molecule has 0 radical (unpaired) electrons. The second-order valence-electron chi connectivity index (χ2n) is 4.01. The van der Waals surface area contributed by atoms with Crippen LogP contribution in [0.3, 0.4) is 0 Å². The molecule has 17 heavy (non-hydrogen) atoms. The summed E-state index contributed by atoms with van der Waals surface area (Å²) in [7, 11) is 0. The Morgan fingerprint density at radius 2 is 2.06 bits per heavy atom. The zero-order chi connectivity index (χ0) is 12.3. The van der Waals surface area contributed by atoms with E-state index in [1.54, 1.807) is 6.07 Å². The quantitative estimate of drug-likeness (QED) is 0.923. The van der Waals surface area contributed by atoms with Crippen LogP contribution in [0.15, 0.2) is 6.07 Å². The number of nitrogens with two attached hydrogens (primary N) is 1. The predicted molar refractivity (Wildman–Crippen MR) is 67.7 cm³/mol. The third-order valence-corrected chi connectivity index (χ3v) is 3.29. The number of rotatable bonds is 3. The molecule has 4 nitrogen and oxygen atoms in total. The number of anilines is 1. The van der Waals surface area contributed by atoms with Crippen molar-refractivity contribution in [2.75, 3.05) is 25.6 Å². The van der Waals surface area contributed by atoms with E-state index in [9.17, 15) is 0 Å². The normalized spacial score (nSPS) is 17.1. The molecule has 0 amide bonds. The Morgan fingerprint density at radius 3 is 2.76 bits per heavy atom. The van der Waals surface area contributed by atoms with Crippen molar-refractivity contribution in [2.24, 2.45) is 5.92 Å². The van der Waals surface area contributed by atoms with Crippen LogP contribution in [0, 0.1) is 5.92 Å². The standard InChI is InChI=1S/C11H14Cl2N2O2/c12-8-5-9(13)11(15-10(8)14)17-6-7-1-3-16-4-2-7/h5,7H,1-4,6H2,(H2,14,15). The fraction of sp³-hybridized carbons (Fsp3) is 0.545. The summed E-state index contributed by atoms with van der Waals surface area (Å²) in [5.41, 5.74) is 5.60. The number of pyridine rings is 1.